The lowest BCUT2D eigenvalue weighted by atomic mass is 10.00. The van der Waals surface area contributed by atoms with Gasteiger partial charge in [0.1, 0.15) is 11.4 Å². The third-order valence-corrected chi connectivity index (χ3v) is 4.07. The van der Waals surface area contributed by atoms with E-state index in [9.17, 15) is 0 Å². The molecule has 4 rings (SSSR count). The highest BCUT2D eigenvalue weighted by Gasteiger charge is 2.29. The van der Waals surface area contributed by atoms with Crippen LogP contribution in [0.15, 0.2) is 45.9 Å². The van der Waals surface area contributed by atoms with Crippen molar-refractivity contribution in [2.45, 2.75) is 6.54 Å². The SMILES string of the molecule is Brc1cnn(CC2CN(c3nccc4occc34)C2)c1. The van der Waals surface area contributed by atoms with E-state index in [1.807, 2.05) is 29.2 Å². The van der Waals surface area contributed by atoms with Gasteiger partial charge in [-0.2, -0.15) is 5.10 Å². The molecule has 1 aliphatic heterocycles. The normalized spacial score (nSPS) is 15.8. The van der Waals surface area contributed by atoms with Crippen LogP contribution in [-0.2, 0) is 6.54 Å². The standard InChI is InChI=1S/C14H13BrN4O/c15-11-5-17-19(9-11)8-10-6-18(7-10)14-12-2-4-20-13(12)1-3-16-14/h1-5,9-10H,6-8H2. The zero-order valence-electron chi connectivity index (χ0n) is 10.7. The largest absolute Gasteiger partial charge is 0.464 e. The molecule has 3 aromatic heterocycles. The minimum Gasteiger partial charge on any atom is -0.464 e. The van der Waals surface area contributed by atoms with Crippen molar-refractivity contribution >= 4 is 32.7 Å². The van der Waals surface area contributed by atoms with Gasteiger partial charge in [0.2, 0.25) is 0 Å². The molecule has 0 N–H and O–H groups in total. The highest BCUT2D eigenvalue weighted by molar-refractivity contribution is 9.10. The van der Waals surface area contributed by atoms with E-state index in [0.717, 1.165) is 40.9 Å². The maximum atomic E-state index is 5.42. The molecule has 1 fully saturated rings. The molecule has 0 saturated carbocycles. The van der Waals surface area contributed by atoms with Gasteiger partial charge in [-0.3, -0.25) is 4.68 Å². The van der Waals surface area contributed by atoms with Crippen LogP contribution in [0.5, 0.6) is 0 Å². The fourth-order valence-corrected chi connectivity index (χ4v) is 3.02. The van der Waals surface area contributed by atoms with Gasteiger partial charge in [0, 0.05) is 37.9 Å². The Bertz CT molecular complexity index is 744. The third kappa shape index (κ3) is 2.00. The van der Waals surface area contributed by atoms with E-state index in [1.54, 1.807) is 12.5 Å². The Kier molecular flexibility index (Phi) is 2.77. The first-order chi connectivity index (χ1) is 9.79. The number of fused-ring (bicyclic) bond motifs is 1. The quantitative estimate of drug-likeness (QED) is 0.739. The average molecular weight is 333 g/mol. The molecule has 0 spiro atoms. The smallest absolute Gasteiger partial charge is 0.139 e. The Balaban J connectivity index is 1.47. The van der Waals surface area contributed by atoms with Gasteiger partial charge >= 0.3 is 0 Å². The van der Waals surface area contributed by atoms with Gasteiger partial charge in [0.05, 0.1) is 22.3 Å². The number of rotatable bonds is 3. The molecule has 0 aromatic carbocycles. The second-order valence-corrected chi connectivity index (χ2v) is 6.03. The summed E-state index contributed by atoms with van der Waals surface area (Å²) < 4.78 is 8.43. The predicted molar refractivity (Wildman–Crippen MR) is 79.6 cm³/mol. The van der Waals surface area contributed by atoms with Crippen LogP contribution in [0.25, 0.3) is 11.0 Å². The molecule has 0 amide bonds. The Labute approximate surface area is 124 Å². The summed E-state index contributed by atoms with van der Waals surface area (Å²) in [6.45, 7) is 2.97. The van der Waals surface area contributed by atoms with Crippen LogP contribution in [-0.4, -0.2) is 27.9 Å². The minimum atomic E-state index is 0.616. The Hall–Kier alpha value is -1.82. The molecule has 0 radical (unpaired) electrons. The van der Waals surface area contributed by atoms with Gasteiger partial charge in [0.25, 0.3) is 0 Å². The summed E-state index contributed by atoms with van der Waals surface area (Å²) in [5.74, 6) is 1.64. The molecule has 0 bridgehead atoms. The van der Waals surface area contributed by atoms with Gasteiger partial charge in [-0.15, -0.1) is 0 Å². The number of anilines is 1. The molecule has 0 atom stereocenters. The van der Waals surface area contributed by atoms with E-state index >= 15 is 0 Å². The minimum absolute atomic E-state index is 0.616. The summed E-state index contributed by atoms with van der Waals surface area (Å²) in [5.41, 5.74) is 0.898. The molecule has 20 heavy (non-hydrogen) atoms. The zero-order valence-corrected chi connectivity index (χ0v) is 12.3. The number of furan rings is 1. The average Bonchev–Trinajstić information content (AvgIpc) is 3.01. The van der Waals surface area contributed by atoms with Crippen LogP contribution >= 0.6 is 15.9 Å². The first-order valence-electron chi connectivity index (χ1n) is 6.55. The molecule has 0 aliphatic carbocycles. The molecule has 5 nitrogen and oxygen atoms in total. The number of aromatic nitrogens is 3. The van der Waals surface area contributed by atoms with Gasteiger partial charge in [-0.25, -0.2) is 4.98 Å². The molecule has 3 aromatic rings. The van der Waals surface area contributed by atoms with E-state index < -0.39 is 0 Å². The van der Waals surface area contributed by atoms with Crippen molar-refractivity contribution in [1.82, 2.24) is 14.8 Å². The van der Waals surface area contributed by atoms with Crippen LogP contribution in [0, 0.1) is 5.92 Å². The van der Waals surface area contributed by atoms with Gasteiger partial charge in [0.15, 0.2) is 0 Å². The number of pyridine rings is 1. The summed E-state index contributed by atoms with van der Waals surface area (Å²) >= 11 is 3.42. The lowest BCUT2D eigenvalue weighted by Gasteiger charge is -2.40. The molecule has 102 valence electrons. The van der Waals surface area contributed by atoms with Crippen LogP contribution in [0.1, 0.15) is 0 Å². The van der Waals surface area contributed by atoms with Crippen molar-refractivity contribution in [2.24, 2.45) is 5.92 Å². The van der Waals surface area contributed by atoms with Crippen molar-refractivity contribution in [3.63, 3.8) is 0 Å². The molecular formula is C14H13BrN4O. The molecule has 4 heterocycles. The van der Waals surface area contributed by atoms with Crippen molar-refractivity contribution in [3.8, 4) is 0 Å². The highest BCUT2D eigenvalue weighted by Crippen LogP contribution is 2.30. The molecule has 1 saturated heterocycles. The zero-order chi connectivity index (χ0) is 13.5. The topological polar surface area (TPSA) is 47.1 Å². The van der Waals surface area contributed by atoms with Crippen molar-refractivity contribution < 1.29 is 4.42 Å². The first-order valence-corrected chi connectivity index (χ1v) is 7.34. The number of hydrogen-bond donors (Lipinski definition) is 0. The van der Waals surface area contributed by atoms with Gasteiger partial charge in [-0.05, 0) is 28.1 Å². The van der Waals surface area contributed by atoms with Crippen LogP contribution < -0.4 is 4.90 Å². The Morgan fingerprint density at radius 1 is 1.35 bits per heavy atom. The summed E-state index contributed by atoms with van der Waals surface area (Å²) in [7, 11) is 0. The summed E-state index contributed by atoms with van der Waals surface area (Å²) in [6.07, 6.45) is 7.36. The monoisotopic (exact) mass is 332 g/mol. The highest BCUT2D eigenvalue weighted by atomic mass is 79.9. The third-order valence-electron chi connectivity index (χ3n) is 3.66. The van der Waals surface area contributed by atoms with Gasteiger partial charge in [-0.1, -0.05) is 0 Å². The summed E-state index contributed by atoms with van der Waals surface area (Å²) in [4.78, 5) is 6.78. The number of nitrogens with zero attached hydrogens (tertiary/aromatic N) is 4. The molecule has 6 heteroatoms. The van der Waals surface area contributed by atoms with E-state index in [-0.39, 0.29) is 0 Å². The van der Waals surface area contributed by atoms with Crippen LogP contribution in [0.4, 0.5) is 5.82 Å². The Morgan fingerprint density at radius 3 is 3.05 bits per heavy atom. The van der Waals surface area contributed by atoms with Gasteiger partial charge < -0.3 is 9.32 Å². The Morgan fingerprint density at radius 2 is 2.25 bits per heavy atom. The maximum absolute atomic E-state index is 5.42. The maximum Gasteiger partial charge on any atom is 0.139 e. The molecular weight excluding hydrogens is 320 g/mol. The second kappa shape index (κ2) is 4.63. The molecule has 1 aliphatic rings. The van der Waals surface area contributed by atoms with E-state index in [0.29, 0.717) is 5.92 Å². The fraction of sp³-hybridized carbons (Fsp3) is 0.286. The van der Waals surface area contributed by atoms with Crippen LogP contribution in [0.2, 0.25) is 0 Å². The number of halogens is 1. The first kappa shape index (κ1) is 12.0. The fourth-order valence-electron chi connectivity index (χ4n) is 2.69. The summed E-state index contributed by atoms with van der Waals surface area (Å²) in [5, 5.41) is 5.39. The van der Waals surface area contributed by atoms with Crippen molar-refractivity contribution in [1.29, 1.82) is 0 Å². The van der Waals surface area contributed by atoms with E-state index in [4.69, 9.17) is 4.42 Å². The van der Waals surface area contributed by atoms with E-state index in [2.05, 4.69) is 30.9 Å². The van der Waals surface area contributed by atoms with E-state index in [1.165, 1.54) is 0 Å². The molecule has 0 unspecified atom stereocenters. The second-order valence-electron chi connectivity index (χ2n) is 5.12. The lowest BCUT2D eigenvalue weighted by Crippen LogP contribution is -2.49. The van der Waals surface area contributed by atoms with Crippen molar-refractivity contribution in [2.75, 3.05) is 18.0 Å². The number of hydrogen-bond acceptors (Lipinski definition) is 4. The van der Waals surface area contributed by atoms with Crippen LogP contribution in [0.3, 0.4) is 0 Å². The summed E-state index contributed by atoms with van der Waals surface area (Å²) in [6, 6.07) is 3.88. The lowest BCUT2D eigenvalue weighted by molar-refractivity contribution is 0.341. The van der Waals surface area contributed by atoms with Crippen molar-refractivity contribution in [3.05, 3.63) is 41.5 Å². The predicted octanol–water partition coefficient (Wildman–Crippen LogP) is 2.92.